The van der Waals surface area contributed by atoms with Crippen molar-refractivity contribution in [3.05, 3.63) is 32.3 Å². The molecule has 2 rings (SSSR count). The molecular formula is C12H13Br2NO5. The van der Waals surface area contributed by atoms with Crippen LogP contribution in [0.2, 0.25) is 0 Å². The van der Waals surface area contributed by atoms with Gasteiger partial charge in [-0.25, -0.2) is 0 Å². The standard InChI is InChI=1S/C12H13Br2NO5/c13-2-1-3-18-11-9(12-19-4-5-20-12)6-8(14)7-10(11)15(16)17/h6-7,12H,1-5H2. The quantitative estimate of drug-likeness (QED) is 0.310. The maximum absolute atomic E-state index is 11.2. The van der Waals surface area contributed by atoms with Gasteiger partial charge in [0, 0.05) is 15.9 Å². The van der Waals surface area contributed by atoms with E-state index < -0.39 is 11.2 Å². The zero-order valence-electron chi connectivity index (χ0n) is 10.5. The molecule has 0 amide bonds. The summed E-state index contributed by atoms with van der Waals surface area (Å²) in [6.07, 6.45) is 0.129. The first-order chi connectivity index (χ1) is 9.63. The van der Waals surface area contributed by atoms with Crippen molar-refractivity contribution in [3.8, 4) is 5.75 Å². The smallest absolute Gasteiger partial charge is 0.312 e. The monoisotopic (exact) mass is 409 g/mol. The van der Waals surface area contributed by atoms with E-state index in [2.05, 4.69) is 31.9 Å². The molecule has 1 aromatic carbocycles. The normalized spacial score (nSPS) is 15.5. The lowest BCUT2D eigenvalue weighted by Gasteiger charge is -2.16. The molecule has 0 atom stereocenters. The zero-order valence-corrected chi connectivity index (χ0v) is 13.7. The van der Waals surface area contributed by atoms with Crippen molar-refractivity contribution in [3.63, 3.8) is 0 Å². The largest absolute Gasteiger partial charge is 0.486 e. The second-order valence-corrected chi connectivity index (χ2v) is 5.77. The van der Waals surface area contributed by atoms with Gasteiger partial charge in [0.2, 0.25) is 5.75 Å². The van der Waals surface area contributed by atoms with Gasteiger partial charge in [0.05, 0.1) is 30.3 Å². The molecule has 0 bridgehead atoms. The van der Waals surface area contributed by atoms with Crippen LogP contribution in [0, 0.1) is 10.1 Å². The Hall–Kier alpha value is -0.700. The van der Waals surface area contributed by atoms with E-state index >= 15 is 0 Å². The van der Waals surface area contributed by atoms with Crippen LogP contribution in [0.3, 0.4) is 0 Å². The van der Waals surface area contributed by atoms with Gasteiger partial charge in [-0.2, -0.15) is 0 Å². The summed E-state index contributed by atoms with van der Waals surface area (Å²) >= 11 is 6.56. The van der Waals surface area contributed by atoms with E-state index in [1.54, 1.807) is 6.07 Å². The minimum atomic E-state index is -0.620. The van der Waals surface area contributed by atoms with Crippen LogP contribution < -0.4 is 4.74 Å². The van der Waals surface area contributed by atoms with Gasteiger partial charge in [-0.05, 0) is 12.5 Å². The van der Waals surface area contributed by atoms with Gasteiger partial charge < -0.3 is 14.2 Å². The molecule has 1 aliphatic rings. The first-order valence-electron chi connectivity index (χ1n) is 6.03. The van der Waals surface area contributed by atoms with Crippen molar-refractivity contribution >= 4 is 37.5 Å². The molecular weight excluding hydrogens is 398 g/mol. The highest BCUT2D eigenvalue weighted by molar-refractivity contribution is 9.10. The molecule has 1 saturated heterocycles. The Bertz CT molecular complexity index is 491. The van der Waals surface area contributed by atoms with E-state index in [4.69, 9.17) is 14.2 Å². The molecule has 1 aromatic rings. The van der Waals surface area contributed by atoms with Gasteiger partial charge in [-0.1, -0.05) is 31.9 Å². The third kappa shape index (κ3) is 3.69. The number of benzene rings is 1. The molecule has 20 heavy (non-hydrogen) atoms. The van der Waals surface area contributed by atoms with Crippen LogP contribution in [0.5, 0.6) is 5.75 Å². The van der Waals surface area contributed by atoms with Crippen molar-refractivity contribution in [1.29, 1.82) is 0 Å². The molecule has 0 aromatic heterocycles. The van der Waals surface area contributed by atoms with Crippen LogP contribution in [0.15, 0.2) is 16.6 Å². The minimum Gasteiger partial charge on any atom is -0.486 e. The summed E-state index contributed by atoms with van der Waals surface area (Å²) in [6, 6.07) is 3.15. The molecule has 1 heterocycles. The Labute approximate surface area is 132 Å². The fraction of sp³-hybridized carbons (Fsp3) is 0.500. The van der Waals surface area contributed by atoms with Crippen LogP contribution >= 0.6 is 31.9 Å². The summed E-state index contributed by atoms with van der Waals surface area (Å²) in [4.78, 5) is 10.7. The molecule has 0 unspecified atom stereocenters. The van der Waals surface area contributed by atoms with Crippen molar-refractivity contribution in [1.82, 2.24) is 0 Å². The second kappa shape index (κ2) is 7.35. The zero-order chi connectivity index (χ0) is 14.5. The Morgan fingerprint density at radius 1 is 1.40 bits per heavy atom. The fourth-order valence-electron chi connectivity index (χ4n) is 1.83. The highest BCUT2D eigenvalue weighted by atomic mass is 79.9. The summed E-state index contributed by atoms with van der Waals surface area (Å²) in [5.74, 6) is 0.214. The number of rotatable bonds is 6. The van der Waals surface area contributed by atoms with Gasteiger partial charge >= 0.3 is 5.69 Å². The lowest BCUT2D eigenvalue weighted by Crippen LogP contribution is -2.08. The van der Waals surface area contributed by atoms with E-state index in [9.17, 15) is 10.1 Å². The second-order valence-electron chi connectivity index (χ2n) is 4.06. The average molecular weight is 411 g/mol. The van der Waals surface area contributed by atoms with E-state index in [-0.39, 0.29) is 11.4 Å². The fourth-order valence-corrected chi connectivity index (χ4v) is 2.53. The lowest BCUT2D eigenvalue weighted by atomic mass is 10.1. The van der Waals surface area contributed by atoms with Crippen molar-refractivity contribution in [2.45, 2.75) is 12.7 Å². The molecule has 6 nitrogen and oxygen atoms in total. The lowest BCUT2D eigenvalue weighted by molar-refractivity contribution is -0.386. The van der Waals surface area contributed by atoms with Gasteiger partial charge in [-0.15, -0.1) is 0 Å². The first kappa shape index (κ1) is 15.7. The molecule has 0 saturated carbocycles. The molecule has 8 heteroatoms. The van der Waals surface area contributed by atoms with Gasteiger partial charge in [0.1, 0.15) is 0 Å². The predicted molar refractivity (Wildman–Crippen MR) is 79.3 cm³/mol. The topological polar surface area (TPSA) is 70.8 Å². The SMILES string of the molecule is O=[N+]([O-])c1cc(Br)cc(C2OCCO2)c1OCCCBr. The highest BCUT2D eigenvalue weighted by Gasteiger charge is 2.29. The van der Waals surface area contributed by atoms with Crippen molar-refractivity contribution in [2.75, 3.05) is 25.2 Å². The van der Waals surface area contributed by atoms with E-state index in [0.29, 0.717) is 29.9 Å². The van der Waals surface area contributed by atoms with Crippen LogP contribution in [0.1, 0.15) is 18.3 Å². The number of hydrogen-bond acceptors (Lipinski definition) is 5. The maximum Gasteiger partial charge on any atom is 0.312 e. The number of hydrogen-bond donors (Lipinski definition) is 0. The molecule has 1 fully saturated rings. The molecule has 1 aliphatic heterocycles. The molecule has 0 aliphatic carbocycles. The number of ether oxygens (including phenoxy) is 3. The van der Waals surface area contributed by atoms with Gasteiger partial charge in [0.15, 0.2) is 6.29 Å². The van der Waals surface area contributed by atoms with E-state index in [1.165, 1.54) is 6.07 Å². The van der Waals surface area contributed by atoms with Crippen LogP contribution in [-0.2, 0) is 9.47 Å². The van der Waals surface area contributed by atoms with Crippen LogP contribution in [-0.4, -0.2) is 30.1 Å². The molecule has 0 N–H and O–H groups in total. The van der Waals surface area contributed by atoms with E-state index in [1.807, 2.05) is 0 Å². The Kier molecular flexibility index (Phi) is 5.76. The van der Waals surface area contributed by atoms with Crippen molar-refractivity contribution in [2.24, 2.45) is 0 Å². The number of nitrogens with zero attached hydrogens (tertiary/aromatic N) is 1. The molecule has 0 radical (unpaired) electrons. The number of nitro benzene ring substituents is 1. The van der Waals surface area contributed by atoms with Crippen LogP contribution in [0.4, 0.5) is 5.69 Å². The van der Waals surface area contributed by atoms with Gasteiger partial charge in [0.25, 0.3) is 0 Å². The summed E-state index contributed by atoms with van der Waals surface area (Å²) in [5.41, 5.74) is 0.446. The predicted octanol–water partition coefficient (Wildman–Crippen LogP) is 3.57. The number of nitro groups is 1. The number of halogens is 2. The maximum atomic E-state index is 11.2. The Balaban J connectivity index is 2.37. The Morgan fingerprint density at radius 3 is 2.70 bits per heavy atom. The molecule has 0 spiro atoms. The Morgan fingerprint density at radius 2 is 2.10 bits per heavy atom. The average Bonchev–Trinajstić information content (AvgIpc) is 2.93. The minimum absolute atomic E-state index is 0.0944. The van der Waals surface area contributed by atoms with Crippen LogP contribution in [0.25, 0.3) is 0 Å². The molecule has 110 valence electrons. The first-order valence-corrected chi connectivity index (χ1v) is 7.94. The highest BCUT2D eigenvalue weighted by Crippen LogP contribution is 2.40. The van der Waals surface area contributed by atoms with Gasteiger partial charge in [-0.3, -0.25) is 10.1 Å². The third-order valence-electron chi connectivity index (χ3n) is 2.66. The third-order valence-corrected chi connectivity index (χ3v) is 3.68. The summed E-state index contributed by atoms with van der Waals surface area (Å²) < 4.78 is 17.0. The number of alkyl halides is 1. The summed E-state index contributed by atoms with van der Waals surface area (Å²) in [6.45, 7) is 1.31. The summed E-state index contributed by atoms with van der Waals surface area (Å²) in [5, 5.41) is 12.0. The van der Waals surface area contributed by atoms with E-state index in [0.717, 1.165) is 11.8 Å². The summed E-state index contributed by atoms with van der Waals surface area (Å²) in [7, 11) is 0. The van der Waals surface area contributed by atoms with Crippen molar-refractivity contribution < 1.29 is 19.1 Å².